The summed E-state index contributed by atoms with van der Waals surface area (Å²) < 4.78 is 40.2. The average Bonchev–Trinajstić information content (AvgIpc) is 2.96. The van der Waals surface area contributed by atoms with E-state index in [1.165, 1.54) is 23.9 Å². The number of thioether (sulfide) groups is 1. The molecule has 7 heteroatoms. The van der Waals surface area contributed by atoms with E-state index < -0.39 is 6.36 Å². The third-order valence-corrected chi connectivity index (χ3v) is 3.95. The summed E-state index contributed by atoms with van der Waals surface area (Å²) in [6.07, 6.45) is -3.18. The van der Waals surface area contributed by atoms with Crippen LogP contribution < -0.4 is 10.2 Å². The molecular formula is C16H12F3NO2S. The zero-order chi connectivity index (χ0) is 16.3. The molecule has 23 heavy (non-hydrogen) atoms. The molecule has 1 unspecified atom stereocenters. The summed E-state index contributed by atoms with van der Waals surface area (Å²) in [5.74, 6) is -0.255. The minimum atomic E-state index is -4.69. The van der Waals surface area contributed by atoms with E-state index in [0.717, 1.165) is 15.5 Å². The first kappa shape index (κ1) is 15.8. The standard InChI is InChI=1S/C16H12F3NO2S/c17-16(18,19)21-12-8-6-11(7-9-12)14-10-15(20-22-14)23-13-4-2-1-3-5-13/h1-10,14,20H. The van der Waals surface area contributed by atoms with Gasteiger partial charge in [0.1, 0.15) is 11.9 Å². The fourth-order valence-electron chi connectivity index (χ4n) is 2.02. The Balaban J connectivity index is 1.66. The molecule has 0 radical (unpaired) electrons. The van der Waals surface area contributed by atoms with E-state index in [0.29, 0.717) is 0 Å². The molecule has 1 atom stereocenters. The lowest BCUT2D eigenvalue weighted by Crippen LogP contribution is -2.17. The first-order chi connectivity index (χ1) is 11.0. The molecule has 2 aromatic rings. The predicted octanol–water partition coefficient (Wildman–Crippen LogP) is 4.79. The Morgan fingerprint density at radius 1 is 1.00 bits per heavy atom. The van der Waals surface area contributed by atoms with Gasteiger partial charge in [-0.05, 0) is 35.9 Å². The Kier molecular flexibility index (Phi) is 4.49. The van der Waals surface area contributed by atoms with Gasteiger partial charge < -0.3 is 4.74 Å². The molecule has 0 fully saturated rings. The largest absolute Gasteiger partial charge is 0.573 e. The quantitative estimate of drug-likeness (QED) is 0.867. The first-order valence-corrected chi connectivity index (χ1v) is 7.53. The normalized spacial score (nSPS) is 17.5. The van der Waals surface area contributed by atoms with Crippen molar-refractivity contribution in [2.45, 2.75) is 17.4 Å². The summed E-state index contributed by atoms with van der Waals surface area (Å²) in [6, 6.07) is 15.4. The van der Waals surface area contributed by atoms with E-state index in [1.54, 1.807) is 12.1 Å². The number of alkyl halides is 3. The summed E-state index contributed by atoms with van der Waals surface area (Å²) >= 11 is 1.51. The molecule has 0 amide bonds. The fraction of sp³-hybridized carbons (Fsp3) is 0.125. The molecule has 1 aliphatic heterocycles. The molecule has 0 saturated carbocycles. The van der Waals surface area contributed by atoms with Crippen molar-refractivity contribution in [1.29, 1.82) is 0 Å². The van der Waals surface area contributed by atoms with E-state index in [9.17, 15) is 13.2 Å². The van der Waals surface area contributed by atoms with Gasteiger partial charge in [-0.2, -0.15) is 0 Å². The van der Waals surface area contributed by atoms with Gasteiger partial charge in [0.15, 0.2) is 0 Å². The first-order valence-electron chi connectivity index (χ1n) is 6.72. The maximum atomic E-state index is 12.1. The number of nitrogens with one attached hydrogen (secondary N) is 1. The SMILES string of the molecule is FC(F)(F)Oc1ccc(C2C=C(Sc3ccccc3)NO2)cc1. The van der Waals surface area contributed by atoms with Crippen LogP contribution in [0.25, 0.3) is 0 Å². The van der Waals surface area contributed by atoms with Crippen LogP contribution in [0.2, 0.25) is 0 Å². The molecule has 0 saturated heterocycles. The molecule has 1 N–H and O–H groups in total. The molecular weight excluding hydrogens is 327 g/mol. The van der Waals surface area contributed by atoms with Crippen LogP contribution in [0.3, 0.4) is 0 Å². The second kappa shape index (κ2) is 6.55. The second-order valence-corrected chi connectivity index (χ2v) is 5.82. The summed E-state index contributed by atoms with van der Waals surface area (Å²) in [7, 11) is 0. The smallest absolute Gasteiger partial charge is 0.406 e. The number of hydrogen-bond acceptors (Lipinski definition) is 4. The van der Waals surface area contributed by atoms with Gasteiger partial charge in [-0.15, -0.1) is 13.2 Å². The van der Waals surface area contributed by atoms with E-state index in [-0.39, 0.29) is 11.9 Å². The van der Waals surface area contributed by atoms with Crippen LogP contribution in [-0.2, 0) is 4.84 Å². The number of rotatable bonds is 4. The topological polar surface area (TPSA) is 30.5 Å². The van der Waals surface area contributed by atoms with Crippen LogP contribution in [0.15, 0.2) is 70.6 Å². The Hall–Kier alpha value is -2.12. The minimum Gasteiger partial charge on any atom is -0.406 e. The van der Waals surface area contributed by atoms with Crippen molar-refractivity contribution < 1.29 is 22.7 Å². The van der Waals surface area contributed by atoms with Gasteiger partial charge in [0.05, 0.1) is 5.03 Å². The highest BCUT2D eigenvalue weighted by Crippen LogP contribution is 2.33. The van der Waals surface area contributed by atoms with Gasteiger partial charge in [0.25, 0.3) is 0 Å². The maximum absolute atomic E-state index is 12.1. The molecule has 0 spiro atoms. The maximum Gasteiger partial charge on any atom is 0.573 e. The van der Waals surface area contributed by atoms with Crippen LogP contribution >= 0.6 is 11.8 Å². The highest BCUT2D eigenvalue weighted by molar-refractivity contribution is 8.03. The zero-order valence-electron chi connectivity index (χ0n) is 11.7. The fourth-order valence-corrected chi connectivity index (χ4v) is 2.85. The molecule has 1 heterocycles. The van der Waals surface area contributed by atoms with Gasteiger partial charge in [-0.1, -0.05) is 42.1 Å². The van der Waals surface area contributed by atoms with Crippen LogP contribution in [0.1, 0.15) is 11.7 Å². The number of hydrogen-bond donors (Lipinski definition) is 1. The average molecular weight is 339 g/mol. The van der Waals surface area contributed by atoms with Crippen molar-refractivity contribution in [2.75, 3.05) is 0 Å². The van der Waals surface area contributed by atoms with Gasteiger partial charge in [-0.25, -0.2) is 0 Å². The lowest BCUT2D eigenvalue weighted by atomic mass is 10.1. The van der Waals surface area contributed by atoms with Gasteiger partial charge in [-0.3, -0.25) is 10.3 Å². The van der Waals surface area contributed by atoms with Gasteiger partial charge in [0.2, 0.25) is 0 Å². The molecule has 0 aliphatic carbocycles. The Bertz CT molecular complexity index is 687. The summed E-state index contributed by atoms with van der Waals surface area (Å²) in [4.78, 5) is 6.50. The highest BCUT2D eigenvalue weighted by Gasteiger charge is 2.31. The molecule has 0 bridgehead atoms. The summed E-state index contributed by atoms with van der Waals surface area (Å²) in [5.41, 5.74) is 3.55. The van der Waals surface area contributed by atoms with Crippen molar-refractivity contribution in [1.82, 2.24) is 5.48 Å². The van der Waals surface area contributed by atoms with Crippen LogP contribution in [-0.4, -0.2) is 6.36 Å². The Morgan fingerprint density at radius 2 is 1.70 bits per heavy atom. The third kappa shape index (κ3) is 4.43. The second-order valence-electron chi connectivity index (χ2n) is 4.70. The van der Waals surface area contributed by atoms with Crippen molar-refractivity contribution in [3.05, 3.63) is 71.3 Å². The number of hydroxylamine groups is 1. The molecule has 3 nitrogen and oxygen atoms in total. The highest BCUT2D eigenvalue weighted by atomic mass is 32.2. The number of benzene rings is 2. The van der Waals surface area contributed by atoms with Crippen molar-refractivity contribution in [3.63, 3.8) is 0 Å². The van der Waals surface area contributed by atoms with Gasteiger partial charge >= 0.3 is 6.36 Å². The van der Waals surface area contributed by atoms with E-state index >= 15 is 0 Å². The summed E-state index contributed by atoms with van der Waals surface area (Å²) in [6.45, 7) is 0. The predicted molar refractivity (Wildman–Crippen MR) is 80.5 cm³/mol. The van der Waals surface area contributed by atoms with Crippen molar-refractivity contribution >= 4 is 11.8 Å². The summed E-state index contributed by atoms with van der Waals surface area (Å²) in [5, 5.41) is 0.830. The molecule has 120 valence electrons. The monoisotopic (exact) mass is 339 g/mol. The molecule has 1 aliphatic rings. The number of ether oxygens (including phenoxy) is 1. The van der Waals surface area contributed by atoms with Crippen molar-refractivity contribution in [2.24, 2.45) is 0 Å². The molecule has 3 rings (SSSR count). The minimum absolute atomic E-state index is 0.255. The van der Waals surface area contributed by atoms with Crippen LogP contribution in [0, 0.1) is 0 Å². The van der Waals surface area contributed by atoms with E-state index in [4.69, 9.17) is 4.84 Å². The molecule has 0 aromatic heterocycles. The van der Waals surface area contributed by atoms with Crippen LogP contribution in [0.5, 0.6) is 5.75 Å². The van der Waals surface area contributed by atoms with E-state index in [1.807, 2.05) is 36.4 Å². The Labute approximate surface area is 135 Å². The van der Waals surface area contributed by atoms with E-state index in [2.05, 4.69) is 10.2 Å². The van der Waals surface area contributed by atoms with Gasteiger partial charge in [0, 0.05) is 4.90 Å². The lowest BCUT2D eigenvalue weighted by Gasteiger charge is -2.11. The third-order valence-electron chi connectivity index (χ3n) is 3.00. The zero-order valence-corrected chi connectivity index (χ0v) is 12.5. The lowest BCUT2D eigenvalue weighted by molar-refractivity contribution is -0.274. The Morgan fingerprint density at radius 3 is 2.35 bits per heavy atom. The number of halogens is 3. The van der Waals surface area contributed by atoms with Crippen LogP contribution in [0.4, 0.5) is 13.2 Å². The molecule has 2 aromatic carbocycles. The van der Waals surface area contributed by atoms with Crippen molar-refractivity contribution in [3.8, 4) is 5.75 Å².